The van der Waals surface area contributed by atoms with Crippen molar-refractivity contribution in [3.05, 3.63) is 18.2 Å². The van der Waals surface area contributed by atoms with Gasteiger partial charge < -0.3 is 19.3 Å². The van der Waals surface area contributed by atoms with Gasteiger partial charge in [-0.2, -0.15) is 0 Å². The summed E-state index contributed by atoms with van der Waals surface area (Å²) in [6.07, 6.45) is 6.65. The van der Waals surface area contributed by atoms with Gasteiger partial charge in [-0.15, -0.1) is 0 Å². The summed E-state index contributed by atoms with van der Waals surface area (Å²) in [4.78, 5) is 29.6. The molecule has 1 aliphatic carbocycles. The van der Waals surface area contributed by atoms with Crippen LogP contribution in [0.4, 0.5) is 5.69 Å². The van der Waals surface area contributed by atoms with Gasteiger partial charge in [-0.3, -0.25) is 9.59 Å². The molecular weight excluding hydrogens is 356 g/mol. The lowest BCUT2D eigenvalue weighted by Crippen LogP contribution is -2.47. The smallest absolute Gasteiger partial charge is 0.228 e. The largest absolute Gasteiger partial charge is 0.486 e. The number of hydrogen-bond acceptors (Lipinski definition) is 4. The first-order valence-corrected chi connectivity index (χ1v) is 10.7. The van der Waals surface area contributed by atoms with Gasteiger partial charge in [-0.25, -0.2) is 0 Å². The predicted octanol–water partition coefficient (Wildman–Crippen LogP) is 2.85. The number of amides is 2. The number of anilines is 1. The summed E-state index contributed by atoms with van der Waals surface area (Å²) in [5.74, 6) is 2.80. The monoisotopic (exact) mass is 384 g/mol. The van der Waals surface area contributed by atoms with Crippen LogP contribution in [0.1, 0.15) is 38.5 Å². The minimum absolute atomic E-state index is 0.0163. The summed E-state index contributed by atoms with van der Waals surface area (Å²) >= 11 is 0. The van der Waals surface area contributed by atoms with Gasteiger partial charge in [0.15, 0.2) is 11.5 Å². The van der Waals surface area contributed by atoms with E-state index in [1.807, 2.05) is 23.1 Å². The molecule has 3 aliphatic heterocycles. The number of nitrogens with zero attached hydrogens (tertiary/aromatic N) is 2. The molecule has 5 rings (SSSR count). The number of rotatable bonds is 2. The molecule has 0 N–H and O–H groups in total. The van der Waals surface area contributed by atoms with Gasteiger partial charge in [0.2, 0.25) is 11.8 Å². The lowest BCUT2D eigenvalue weighted by molar-refractivity contribution is -0.138. The summed E-state index contributed by atoms with van der Waals surface area (Å²) < 4.78 is 11.2. The third kappa shape index (κ3) is 3.23. The average molecular weight is 384 g/mol. The number of ether oxygens (including phenoxy) is 2. The van der Waals surface area contributed by atoms with E-state index in [0.29, 0.717) is 43.6 Å². The van der Waals surface area contributed by atoms with Gasteiger partial charge in [0, 0.05) is 37.8 Å². The fourth-order valence-corrected chi connectivity index (χ4v) is 5.38. The van der Waals surface area contributed by atoms with E-state index in [0.717, 1.165) is 31.1 Å². The van der Waals surface area contributed by atoms with Crippen LogP contribution in [0.25, 0.3) is 0 Å². The average Bonchev–Trinajstić information content (AvgIpc) is 3.14. The van der Waals surface area contributed by atoms with Crippen LogP contribution < -0.4 is 14.4 Å². The van der Waals surface area contributed by atoms with Crippen molar-refractivity contribution in [3.63, 3.8) is 0 Å². The second-order valence-corrected chi connectivity index (χ2v) is 8.61. The zero-order chi connectivity index (χ0) is 19.1. The molecule has 2 saturated heterocycles. The molecule has 3 atom stereocenters. The summed E-state index contributed by atoms with van der Waals surface area (Å²) in [5, 5.41) is 0. The molecule has 6 nitrogen and oxygen atoms in total. The maximum absolute atomic E-state index is 13.1. The van der Waals surface area contributed by atoms with Crippen LogP contribution in [0.2, 0.25) is 0 Å². The zero-order valence-corrected chi connectivity index (χ0v) is 16.3. The Morgan fingerprint density at radius 1 is 0.964 bits per heavy atom. The number of carbonyl (C=O) groups excluding carboxylic acids is 2. The van der Waals surface area contributed by atoms with Gasteiger partial charge in [-0.1, -0.05) is 19.3 Å². The Balaban J connectivity index is 1.26. The first-order chi connectivity index (χ1) is 13.7. The number of likely N-dealkylation sites (tertiary alicyclic amines) is 1. The SMILES string of the molecule is O=C([C@@H]1CC(=O)N(c2ccc3c(c2)OCCO3)C1)N1CC[C@@H]2CCCC[C@H]2C1. The summed E-state index contributed by atoms with van der Waals surface area (Å²) in [5.41, 5.74) is 0.788. The van der Waals surface area contributed by atoms with Crippen molar-refractivity contribution in [3.8, 4) is 11.5 Å². The Morgan fingerprint density at radius 2 is 1.75 bits per heavy atom. The van der Waals surface area contributed by atoms with Crippen LogP contribution in [0.15, 0.2) is 18.2 Å². The van der Waals surface area contributed by atoms with Gasteiger partial charge >= 0.3 is 0 Å². The quantitative estimate of drug-likeness (QED) is 0.787. The molecule has 0 bridgehead atoms. The maximum atomic E-state index is 13.1. The van der Waals surface area contributed by atoms with Crippen LogP contribution >= 0.6 is 0 Å². The highest BCUT2D eigenvalue weighted by atomic mass is 16.6. The van der Waals surface area contributed by atoms with E-state index in [-0.39, 0.29) is 17.7 Å². The Kier molecular flexibility index (Phi) is 4.65. The second kappa shape index (κ2) is 7.30. The van der Waals surface area contributed by atoms with Crippen molar-refractivity contribution in [1.82, 2.24) is 4.90 Å². The van der Waals surface area contributed by atoms with Gasteiger partial charge in [0.1, 0.15) is 13.2 Å². The summed E-state index contributed by atoms with van der Waals surface area (Å²) in [6.45, 7) is 3.26. The summed E-state index contributed by atoms with van der Waals surface area (Å²) in [7, 11) is 0. The normalized spacial score (nSPS) is 29.6. The standard InChI is InChI=1S/C22H28N2O4/c25-21-11-17(22(26)23-8-7-15-3-1-2-4-16(15)13-23)14-24(21)18-5-6-19-20(12-18)28-10-9-27-19/h5-6,12,15-17H,1-4,7-11,13-14H2/t15-,16-,17+/m0/s1. The van der Waals surface area contributed by atoms with E-state index in [1.54, 1.807) is 4.90 Å². The van der Waals surface area contributed by atoms with Gasteiger partial charge in [0.25, 0.3) is 0 Å². The van der Waals surface area contributed by atoms with Crippen molar-refractivity contribution in [2.24, 2.45) is 17.8 Å². The molecule has 1 aromatic carbocycles. The third-order valence-corrected chi connectivity index (χ3v) is 6.91. The third-order valence-electron chi connectivity index (χ3n) is 6.91. The molecule has 150 valence electrons. The predicted molar refractivity (Wildman–Crippen MR) is 105 cm³/mol. The number of hydrogen-bond donors (Lipinski definition) is 0. The lowest BCUT2D eigenvalue weighted by Gasteiger charge is -2.42. The Labute approximate surface area is 165 Å². The number of fused-ring (bicyclic) bond motifs is 2. The number of piperidine rings is 1. The number of benzene rings is 1. The van der Waals surface area contributed by atoms with Crippen LogP contribution in [0.5, 0.6) is 11.5 Å². The van der Waals surface area contributed by atoms with E-state index < -0.39 is 0 Å². The first kappa shape index (κ1) is 17.8. The molecule has 0 unspecified atom stereocenters. The van der Waals surface area contributed by atoms with E-state index in [2.05, 4.69) is 0 Å². The molecule has 0 radical (unpaired) electrons. The van der Waals surface area contributed by atoms with Crippen LogP contribution in [-0.2, 0) is 9.59 Å². The minimum atomic E-state index is -0.235. The molecule has 28 heavy (non-hydrogen) atoms. The van der Waals surface area contributed by atoms with Crippen LogP contribution in [-0.4, -0.2) is 49.6 Å². The molecule has 3 heterocycles. The number of carbonyl (C=O) groups is 2. The van der Waals surface area contributed by atoms with Crippen LogP contribution in [0.3, 0.4) is 0 Å². The fraction of sp³-hybridized carbons (Fsp3) is 0.636. The minimum Gasteiger partial charge on any atom is -0.486 e. The van der Waals surface area contributed by atoms with E-state index >= 15 is 0 Å². The molecular formula is C22H28N2O4. The van der Waals surface area contributed by atoms with Crippen molar-refractivity contribution >= 4 is 17.5 Å². The molecule has 0 aromatic heterocycles. The molecule has 4 aliphatic rings. The van der Waals surface area contributed by atoms with Gasteiger partial charge in [0.05, 0.1) is 5.92 Å². The molecule has 2 amide bonds. The van der Waals surface area contributed by atoms with E-state index in [1.165, 1.54) is 25.7 Å². The second-order valence-electron chi connectivity index (χ2n) is 8.61. The first-order valence-electron chi connectivity index (χ1n) is 10.7. The van der Waals surface area contributed by atoms with E-state index in [9.17, 15) is 9.59 Å². The maximum Gasteiger partial charge on any atom is 0.228 e. The van der Waals surface area contributed by atoms with Crippen LogP contribution in [0, 0.1) is 17.8 Å². The van der Waals surface area contributed by atoms with Crippen molar-refractivity contribution in [1.29, 1.82) is 0 Å². The van der Waals surface area contributed by atoms with Crippen molar-refractivity contribution < 1.29 is 19.1 Å². The Hall–Kier alpha value is -2.24. The topological polar surface area (TPSA) is 59.1 Å². The molecule has 1 aromatic rings. The highest BCUT2D eigenvalue weighted by molar-refractivity contribution is 6.00. The highest BCUT2D eigenvalue weighted by Gasteiger charge is 2.40. The molecule has 3 fully saturated rings. The summed E-state index contributed by atoms with van der Waals surface area (Å²) in [6, 6.07) is 5.58. The Morgan fingerprint density at radius 3 is 2.61 bits per heavy atom. The fourth-order valence-electron chi connectivity index (χ4n) is 5.38. The highest BCUT2D eigenvalue weighted by Crippen LogP contribution is 2.38. The Bertz CT molecular complexity index is 780. The van der Waals surface area contributed by atoms with Crippen molar-refractivity contribution in [2.45, 2.75) is 38.5 Å². The molecule has 6 heteroatoms. The van der Waals surface area contributed by atoms with Crippen molar-refractivity contribution in [2.75, 3.05) is 37.7 Å². The lowest BCUT2D eigenvalue weighted by atomic mass is 9.75. The molecule has 1 saturated carbocycles. The zero-order valence-electron chi connectivity index (χ0n) is 16.3. The van der Waals surface area contributed by atoms with E-state index in [4.69, 9.17) is 9.47 Å². The van der Waals surface area contributed by atoms with Gasteiger partial charge in [-0.05, 0) is 36.8 Å². The molecule has 0 spiro atoms.